The summed E-state index contributed by atoms with van der Waals surface area (Å²) in [6, 6.07) is 4.93. The molecule has 1 saturated heterocycles. The summed E-state index contributed by atoms with van der Waals surface area (Å²) in [6.45, 7) is 7.50. The number of nitrogens with one attached hydrogen (secondary N) is 1. The fourth-order valence-electron chi connectivity index (χ4n) is 3.62. The normalized spacial score (nSPS) is 26.8. The summed E-state index contributed by atoms with van der Waals surface area (Å²) in [5.41, 5.74) is 0.780. The van der Waals surface area contributed by atoms with Crippen molar-refractivity contribution in [1.29, 1.82) is 0 Å². The molecule has 0 bridgehead atoms. The van der Waals surface area contributed by atoms with Crippen molar-refractivity contribution in [3.63, 3.8) is 0 Å². The molecule has 1 amide bonds. The van der Waals surface area contributed by atoms with Crippen LogP contribution >= 0.6 is 0 Å². The van der Waals surface area contributed by atoms with Crippen LogP contribution in [-0.2, 0) is 14.8 Å². The Labute approximate surface area is 149 Å². The van der Waals surface area contributed by atoms with E-state index in [0.717, 1.165) is 18.4 Å². The Hall–Kier alpha value is -1.60. The smallest absolute Gasteiger partial charge is 0.261 e. The van der Waals surface area contributed by atoms with Crippen LogP contribution in [0.25, 0.3) is 0 Å². The minimum absolute atomic E-state index is 0.166. The molecular weight excluding hydrogens is 340 g/mol. The molecule has 2 aliphatic rings. The lowest BCUT2D eigenvalue weighted by atomic mass is 9.97. The highest BCUT2D eigenvalue weighted by molar-refractivity contribution is 7.89. The number of hydrogen-bond donors (Lipinski definition) is 1. The molecule has 3 rings (SSSR count). The number of likely N-dealkylation sites (N-methyl/N-ethyl adjacent to an activating group) is 1. The third-order valence-electron chi connectivity index (χ3n) is 5.05. The van der Waals surface area contributed by atoms with Gasteiger partial charge in [-0.2, -0.15) is 4.31 Å². The van der Waals surface area contributed by atoms with E-state index in [2.05, 4.69) is 12.2 Å². The van der Waals surface area contributed by atoms with Gasteiger partial charge in [-0.15, -0.1) is 0 Å². The number of ether oxygens (including phenoxy) is 1. The molecule has 1 aromatic rings. The van der Waals surface area contributed by atoms with Crippen LogP contribution in [-0.4, -0.2) is 44.4 Å². The van der Waals surface area contributed by atoms with Crippen molar-refractivity contribution in [3.05, 3.63) is 23.8 Å². The van der Waals surface area contributed by atoms with Gasteiger partial charge in [0.2, 0.25) is 10.0 Å². The van der Waals surface area contributed by atoms with Crippen molar-refractivity contribution >= 4 is 15.9 Å². The molecule has 138 valence electrons. The van der Waals surface area contributed by atoms with Gasteiger partial charge in [0.1, 0.15) is 5.75 Å². The SMILES string of the molecule is CCNC(=O)C1Oc2ccc(S(=O)(=O)N3CCCC(C)C3)cc2C1C. The number of sulfonamides is 1. The predicted molar refractivity (Wildman–Crippen MR) is 95.1 cm³/mol. The van der Waals surface area contributed by atoms with Gasteiger partial charge in [-0.05, 0) is 43.9 Å². The summed E-state index contributed by atoms with van der Waals surface area (Å²) in [7, 11) is -3.51. The van der Waals surface area contributed by atoms with Crippen LogP contribution in [0.2, 0.25) is 0 Å². The summed E-state index contributed by atoms with van der Waals surface area (Å²) in [4.78, 5) is 12.4. The Morgan fingerprint density at radius 3 is 2.80 bits per heavy atom. The first-order valence-electron chi connectivity index (χ1n) is 8.93. The second kappa shape index (κ2) is 6.96. The lowest BCUT2D eigenvalue weighted by molar-refractivity contribution is -0.127. The van der Waals surface area contributed by atoms with Crippen LogP contribution in [0, 0.1) is 5.92 Å². The van der Waals surface area contributed by atoms with Crippen molar-refractivity contribution in [1.82, 2.24) is 9.62 Å². The van der Waals surface area contributed by atoms with E-state index in [-0.39, 0.29) is 16.7 Å². The lowest BCUT2D eigenvalue weighted by Crippen LogP contribution is -2.39. The average molecular weight is 366 g/mol. The monoisotopic (exact) mass is 366 g/mol. The Morgan fingerprint density at radius 2 is 2.12 bits per heavy atom. The number of carbonyl (C=O) groups excluding carboxylic acids is 1. The first-order chi connectivity index (χ1) is 11.8. The molecular formula is C18H26N2O4S. The second-order valence-electron chi connectivity index (χ2n) is 7.03. The Balaban J connectivity index is 1.87. The quantitative estimate of drug-likeness (QED) is 0.885. The highest BCUT2D eigenvalue weighted by Crippen LogP contribution is 2.40. The molecule has 2 heterocycles. The minimum Gasteiger partial charge on any atom is -0.480 e. The maximum absolute atomic E-state index is 13.0. The molecule has 1 N–H and O–H groups in total. The highest BCUT2D eigenvalue weighted by atomic mass is 32.2. The van der Waals surface area contributed by atoms with Crippen LogP contribution in [0.3, 0.4) is 0 Å². The van der Waals surface area contributed by atoms with E-state index < -0.39 is 16.1 Å². The molecule has 0 radical (unpaired) electrons. The molecule has 0 aliphatic carbocycles. The van der Waals surface area contributed by atoms with Gasteiger partial charge in [-0.25, -0.2) is 8.42 Å². The second-order valence-corrected chi connectivity index (χ2v) is 8.97. The third kappa shape index (κ3) is 3.40. The molecule has 0 spiro atoms. The largest absolute Gasteiger partial charge is 0.480 e. The maximum atomic E-state index is 13.0. The van der Waals surface area contributed by atoms with Gasteiger partial charge in [-0.3, -0.25) is 4.79 Å². The fraction of sp³-hybridized carbons (Fsp3) is 0.611. The first kappa shape index (κ1) is 18.2. The third-order valence-corrected chi connectivity index (χ3v) is 6.91. The number of benzene rings is 1. The van der Waals surface area contributed by atoms with E-state index >= 15 is 0 Å². The van der Waals surface area contributed by atoms with Crippen molar-refractivity contribution in [2.24, 2.45) is 5.92 Å². The van der Waals surface area contributed by atoms with Crippen LogP contribution in [0.4, 0.5) is 0 Å². The highest BCUT2D eigenvalue weighted by Gasteiger charge is 2.37. The summed E-state index contributed by atoms with van der Waals surface area (Å²) in [6.07, 6.45) is 1.35. The molecule has 3 atom stereocenters. The standard InChI is InChI=1S/C18H26N2O4S/c1-4-19-18(21)17-13(3)15-10-14(7-8-16(15)24-17)25(22,23)20-9-5-6-12(2)11-20/h7-8,10,12-13,17H,4-6,9,11H2,1-3H3,(H,19,21). The molecule has 1 aromatic carbocycles. The number of amides is 1. The van der Waals surface area contributed by atoms with E-state index in [0.29, 0.717) is 31.3 Å². The summed E-state index contributed by atoms with van der Waals surface area (Å²) in [5.74, 6) is 0.620. The zero-order valence-corrected chi connectivity index (χ0v) is 15.8. The van der Waals surface area contributed by atoms with Gasteiger partial charge in [0.05, 0.1) is 4.90 Å². The van der Waals surface area contributed by atoms with Gasteiger partial charge in [0, 0.05) is 31.1 Å². The summed E-state index contributed by atoms with van der Waals surface area (Å²) < 4.78 is 33.2. The Morgan fingerprint density at radius 1 is 1.36 bits per heavy atom. The summed E-state index contributed by atoms with van der Waals surface area (Å²) in [5, 5.41) is 2.76. The molecule has 3 unspecified atom stereocenters. The van der Waals surface area contributed by atoms with Crippen molar-refractivity contribution in [3.8, 4) is 5.75 Å². The Bertz CT molecular complexity index is 762. The Kier molecular flexibility index (Phi) is 5.06. The number of fused-ring (bicyclic) bond motifs is 1. The van der Waals surface area contributed by atoms with Crippen LogP contribution in [0.5, 0.6) is 5.75 Å². The van der Waals surface area contributed by atoms with Gasteiger partial charge in [-0.1, -0.05) is 13.8 Å². The van der Waals surface area contributed by atoms with Gasteiger partial charge in [0.15, 0.2) is 6.10 Å². The number of nitrogens with zero attached hydrogens (tertiary/aromatic N) is 1. The fourth-order valence-corrected chi connectivity index (χ4v) is 5.26. The van der Waals surface area contributed by atoms with Gasteiger partial charge in [0.25, 0.3) is 5.91 Å². The van der Waals surface area contributed by atoms with E-state index in [1.54, 1.807) is 22.5 Å². The van der Waals surface area contributed by atoms with E-state index in [1.165, 1.54) is 0 Å². The summed E-state index contributed by atoms with van der Waals surface area (Å²) >= 11 is 0. The van der Waals surface area contributed by atoms with Crippen LogP contribution < -0.4 is 10.1 Å². The van der Waals surface area contributed by atoms with E-state index in [9.17, 15) is 13.2 Å². The number of rotatable bonds is 4. The van der Waals surface area contributed by atoms with Crippen LogP contribution in [0.1, 0.15) is 45.1 Å². The van der Waals surface area contributed by atoms with Crippen molar-refractivity contribution in [2.45, 2.75) is 50.5 Å². The number of carbonyl (C=O) groups is 1. The molecule has 2 aliphatic heterocycles. The molecule has 0 saturated carbocycles. The van der Waals surface area contributed by atoms with Gasteiger partial charge < -0.3 is 10.1 Å². The number of hydrogen-bond acceptors (Lipinski definition) is 4. The molecule has 6 nitrogen and oxygen atoms in total. The average Bonchev–Trinajstić information content (AvgIpc) is 2.91. The van der Waals surface area contributed by atoms with Crippen LogP contribution in [0.15, 0.2) is 23.1 Å². The van der Waals surface area contributed by atoms with E-state index in [1.807, 2.05) is 13.8 Å². The molecule has 25 heavy (non-hydrogen) atoms. The topological polar surface area (TPSA) is 75.7 Å². The molecule has 7 heteroatoms. The minimum atomic E-state index is -3.51. The zero-order chi connectivity index (χ0) is 18.2. The van der Waals surface area contributed by atoms with Crippen molar-refractivity contribution in [2.75, 3.05) is 19.6 Å². The maximum Gasteiger partial charge on any atom is 0.261 e. The van der Waals surface area contributed by atoms with Gasteiger partial charge >= 0.3 is 0 Å². The predicted octanol–water partition coefficient (Wildman–Crippen LogP) is 2.11. The molecule has 1 fully saturated rings. The van der Waals surface area contributed by atoms with E-state index in [4.69, 9.17) is 4.74 Å². The first-order valence-corrected chi connectivity index (χ1v) is 10.4. The lowest BCUT2D eigenvalue weighted by Gasteiger charge is -2.30. The zero-order valence-electron chi connectivity index (χ0n) is 15.0. The number of piperidine rings is 1. The molecule has 0 aromatic heterocycles. The van der Waals surface area contributed by atoms with Crippen molar-refractivity contribution < 1.29 is 17.9 Å².